The Balaban J connectivity index is 5.60. The molecule has 0 heterocycles. The predicted octanol–water partition coefficient (Wildman–Crippen LogP) is 6.26. The molecule has 4 heteroatoms. The van der Waals surface area contributed by atoms with Crippen LogP contribution in [0.15, 0.2) is 0 Å². The SMILES string of the molecule is C[CH2][Ge]([CH2]C)([CH2]C)[C](Cl)(Cl)[Ge]([CH2]C)([CH2]C)[CH2]C. The van der Waals surface area contributed by atoms with Crippen molar-refractivity contribution in [2.24, 2.45) is 0 Å². The van der Waals surface area contributed by atoms with Crippen LogP contribution in [-0.2, 0) is 0 Å². The van der Waals surface area contributed by atoms with Crippen molar-refractivity contribution in [2.45, 2.75) is 75.1 Å². The van der Waals surface area contributed by atoms with Gasteiger partial charge in [0, 0.05) is 0 Å². The van der Waals surface area contributed by atoms with Gasteiger partial charge < -0.3 is 0 Å². The molecule has 0 aromatic rings. The molecule has 0 aromatic heterocycles. The van der Waals surface area contributed by atoms with E-state index in [0.29, 0.717) is 0 Å². The minimum absolute atomic E-state index is 0.253. The molecule has 0 N–H and O–H groups in total. The Bertz CT molecular complexity index is 183. The van der Waals surface area contributed by atoms with Crippen LogP contribution in [0.1, 0.15) is 41.5 Å². The fraction of sp³-hybridized carbons (Fsp3) is 1.00. The molecule has 0 radical (unpaired) electrons. The molecule has 0 aliphatic heterocycles. The maximum absolute atomic E-state index is 7.11. The van der Waals surface area contributed by atoms with Crippen LogP contribution >= 0.6 is 23.2 Å². The van der Waals surface area contributed by atoms with Gasteiger partial charge in [0.05, 0.1) is 0 Å². The zero-order valence-electron chi connectivity index (χ0n) is 12.5. The summed E-state index contributed by atoms with van der Waals surface area (Å²) >= 11 is 10.0. The average molecular weight is 403 g/mol. The summed E-state index contributed by atoms with van der Waals surface area (Å²) in [6, 6.07) is 0. The van der Waals surface area contributed by atoms with E-state index in [-0.39, 0.29) is 2.00 Å². The molecule has 0 bridgehead atoms. The zero-order valence-corrected chi connectivity index (χ0v) is 18.2. The van der Waals surface area contributed by atoms with Crippen LogP contribution in [0.25, 0.3) is 0 Å². The van der Waals surface area contributed by atoms with Crippen LogP contribution in [0.3, 0.4) is 0 Å². The fourth-order valence-electron chi connectivity index (χ4n) is 3.39. The van der Waals surface area contributed by atoms with Crippen molar-refractivity contribution in [1.29, 1.82) is 0 Å². The summed E-state index contributed by atoms with van der Waals surface area (Å²) in [4.78, 5) is 0. The van der Waals surface area contributed by atoms with Gasteiger partial charge in [0.15, 0.2) is 0 Å². The first kappa shape index (κ1) is 18.7. The summed E-state index contributed by atoms with van der Waals surface area (Å²) in [7, 11) is 0. The third-order valence-electron chi connectivity index (χ3n) is 5.39. The molecule has 0 aliphatic carbocycles. The topological polar surface area (TPSA) is 0 Å². The molecule has 0 unspecified atom stereocenters. The van der Waals surface area contributed by atoms with Gasteiger partial charge in [0.2, 0.25) is 0 Å². The molecule has 0 atom stereocenters. The van der Waals surface area contributed by atoms with Gasteiger partial charge in [-0.15, -0.1) is 0 Å². The van der Waals surface area contributed by atoms with Crippen molar-refractivity contribution in [2.75, 3.05) is 0 Å². The van der Waals surface area contributed by atoms with Crippen LogP contribution in [0.5, 0.6) is 0 Å². The summed E-state index contributed by atoms with van der Waals surface area (Å²) in [5.41, 5.74) is 0. The molecule has 0 aromatic carbocycles. The Morgan fingerprint density at radius 2 is 0.765 bits per heavy atom. The second kappa shape index (κ2) is 7.45. The van der Waals surface area contributed by atoms with Crippen LogP contribution in [0.2, 0.25) is 31.5 Å². The van der Waals surface area contributed by atoms with Crippen molar-refractivity contribution < 1.29 is 0 Å². The van der Waals surface area contributed by atoms with Crippen LogP contribution in [-0.4, -0.2) is 28.5 Å². The molecule has 0 fully saturated rings. The van der Waals surface area contributed by atoms with E-state index in [1.54, 1.807) is 0 Å². The van der Waals surface area contributed by atoms with E-state index in [0.717, 1.165) is 0 Å². The first-order valence-electron chi connectivity index (χ1n) is 7.24. The van der Waals surface area contributed by atoms with E-state index < -0.39 is 26.5 Å². The van der Waals surface area contributed by atoms with Crippen LogP contribution in [0, 0.1) is 0 Å². The third-order valence-corrected chi connectivity index (χ3v) is 47.9. The molecule has 0 spiro atoms. The van der Waals surface area contributed by atoms with Crippen molar-refractivity contribution in [3.8, 4) is 0 Å². The van der Waals surface area contributed by atoms with Crippen LogP contribution < -0.4 is 0 Å². The standard InChI is InChI=1S/C13H30Cl2Ge2/c1-7-16(8-2,9-3)13(14,15)17(10-4,11-5)12-6/h7-12H2,1-6H3. The van der Waals surface area contributed by atoms with E-state index in [2.05, 4.69) is 41.5 Å². The summed E-state index contributed by atoms with van der Waals surface area (Å²) < 4.78 is -0.253. The van der Waals surface area contributed by atoms with E-state index in [1.807, 2.05) is 0 Å². The monoisotopic (exact) mass is 404 g/mol. The molecule has 0 saturated carbocycles. The number of hydrogen-bond acceptors (Lipinski definition) is 0. The molecule has 0 amide bonds. The number of rotatable bonds is 8. The zero-order chi connectivity index (χ0) is 13.7. The first-order valence-corrected chi connectivity index (χ1v) is 19.0. The summed E-state index contributed by atoms with van der Waals surface area (Å²) in [5, 5.41) is 7.71. The average Bonchev–Trinajstić information content (AvgIpc) is 2.34. The Kier molecular flexibility index (Phi) is 8.18. The molecule has 0 aliphatic rings. The Morgan fingerprint density at radius 1 is 0.588 bits per heavy atom. The molecule has 17 heavy (non-hydrogen) atoms. The summed E-state index contributed by atoms with van der Waals surface area (Å²) in [6.07, 6.45) is 0. The Labute approximate surface area is 124 Å². The van der Waals surface area contributed by atoms with Gasteiger partial charge >= 0.3 is 125 Å². The number of halogens is 2. The minimum atomic E-state index is -2.11. The van der Waals surface area contributed by atoms with Crippen molar-refractivity contribution in [1.82, 2.24) is 0 Å². The maximum atomic E-state index is 7.11. The van der Waals surface area contributed by atoms with E-state index in [9.17, 15) is 0 Å². The summed E-state index contributed by atoms with van der Waals surface area (Å²) in [6.45, 7) is 14.0. The second-order valence-electron chi connectivity index (χ2n) is 5.26. The van der Waals surface area contributed by atoms with Crippen molar-refractivity contribution in [3.05, 3.63) is 0 Å². The molecule has 104 valence electrons. The predicted molar refractivity (Wildman–Crippen MR) is 88.8 cm³/mol. The number of alkyl halides is 2. The molecular formula is C13H30Cl2Ge2. The molecule has 0 saturated heterocycles. The molecule has 0 rings (SSSR count). The van der Waals surface area contributed by atoms with Gasteiger partial charge in [0.25, 0.3) is 0 Å². The van der Waals surface area contributed by atoms with Gasteiger partial charge in [0.1, 0.15) is 0 Å². The van der Waals surface area contributed by atoms with Crippen LogP contribution in [0.4, 0.5) is 0 Å². The van der Waals surface area contributed by atoms with Gasteiger partial charge in [-0.25, -0.2) is 0 Å². The number of hydrogen-bond donors (Lipinski definition) is 0. The van der Waals surface area contributed by atoms with E-state index in [4.69, 9.17) is 23.2 Å². The Hall–Kier alpha value is 1.67. The molecular weight excluding hydrogens is 372 g/mol. The summed E-state index contributed by atoms with van der Waals surface area (Å²) in [5.74, 6) is 0. The van der Waals surface area contributed by atoms with E-state index >= 15 is 0 Å². The van der Waals surface area contributed by atoms with Gasteiger partial charge in [-0.1, -0.05) is 0 Å². The second-order valence-corrected chi connectivity index (χ2v) is 34.2. The van der Waals surface area contributed by atoms with Crippen molar-refractivity contribution in [3.63, 3.8) is 0 Å². The molecule has 0 nitrogen and oxygen atoms in total. The quantitative estimate of drug-likeness (QED) is 0.332. The van der Waals surface area contributed by atoms with Gasteiger partial charge in [-0.05, 0) is 0 Å². The normalized spacial score (nSPS) is 14.1. The fourth-order valence-corrected chi connectivity index (χ4v) is 49.8. The van der Waals surface area contributed by atoms with E-state index in [1.165, 1.54) is 31.5 Å². The van der Waals surface area contributed by atoms with Gasteiger partial charge in [-0.2, -0.15) is 0 Å². The van der Waals surface area contributed by atoms with Crippen molar-refractivity contribution >= 4 is 49.7 Å². The first-order chi connectivity index (χ1) is 7.86. The van der Waals surface area contributed by atoms with Gasteiger partial charge in [-0.3, -0.25) is 0 Å². The Morgan fingerprint density at radius 3 is 0.882 bits per heavy atom. The third kappa shape index (κ3) is 3.06.